The Balaban J connectivity index is 2.79. The molecule has 0 aliphatic rings. The van der Waals surface area contributed by atoms with E-state index in [4.69, 9.17) is 4.55 Å². The molecule has 20 heavy (non-hydrogen) atoms. The molecule has 0 radical (unpaired) electrons. The van der Waals surface area contributed by atoms with Crippen molar-refractivity contribution >= 4 is 16.3 Å². The van der Waals surface area contributed by atoms with Gasteiger partial charge in [-0.15, -0.1) is 0 Å². The van der Waals surface area contributed by atoms with Crippen LogP contribution >= 0.6 is 0 Å². The van der Waals surface area contributed by atoms with Crippen LogP contribution in [0.5, 0.6) is 5.75 Å². The van der Waals surface area contributed by atoms with E-state index in [2.05, 4.69) is 26.1 Å². The average molecular weight is 301 g/mol. The number of nitrogens with zero attached hydrogens (tertiary/aromatic N) is 2. The topological polar surface area (TPSA) is 87.0 Å². The van der Waals surface area contributed by atoms with Gasteiger partial charge in [-0.2, -0.15) is 8.42 Å². The van der Waals surface area contributed by atoms with Crippen molar-refractivity contribution in [3.63, 3.8) is 0 Å². The Bertz CT molecular complexity index is 589. The first kappa shape index (κ1) is 16.6. The minimum atomic E-state index is -4.00. The summed E-state index contributed by atoms with van der Waals surface area (Å²) in [6, 6.07) is 5.25. The minimum absolute atomic E-state index is 0.0438. The van der Waals surface area contributed by atoms with Crippen molar-refractivity contribution in [1.82, 2.24) is 0 Å². The zero-order valence-electron chi connectivity index (χ0n) is 11.9. The summed E-state index contributed by atoms with van der Waals surface area (Å²) in [5, 5.41) is 9.73. The second kappa shape index (κ2) is 6.34. The monoisotopic (exact) mass is 301 g/mol. The fourth-order valence-electron chi connectivity index (χ4n) is 1.68. The highest BCUT2D eigenvalue weighted by atomic mass is 32.2. The molecule has 2 N–H and O–H groups in total. The predicted molar refractivity (Wildman–Crippen MR) is 78.7 cm³/mol. The summed E-state index contributed by atoms with van der Waals surface area (Å²) in [5.41, 5.74) is 1.58. The summed E-state index contributed by atoms with van der Waals surface area (Å²) >= 11 is 0. The fraction of sp³-hybridized carbons (Fsp3) is 0.462. The molecule has 7 heteroatoms. The minimum Gasteiger partial charge on any atom is -0.507 e. The molecule has 0 aliphatic carbocycles. The molecule has 0 aliphatic heterocycles. The first-order valence-electron chi connectivity index (χ1n) is 6.14. The van der Waals surface area contributed by atoms with E-state index >= 15 is 0 Å². The van der Waals surface area contributed by atoms with E-state index in [0.29, 0.717) is 5.56 Å². The van der Waals surface area contributed by atoms with Crippen molar-refractivity contribution in [3.05, 3.63) is 29.3 Å². The third-order valence-corrected chi connectivity index (χ3v) is 3.16. The lowest BCUT2D eigenvalue weighted by Gasteiger charge is -2.24. The van der Waals surface area contributed by atoms with Gasteiger partial charge in [0.15, 0.2) is 0 Å². The average Bonchev–Trinajstić information content (AvgIpc) is 2.25. The molecular weight excluding hydrogens is 280 g/mol. The van der Waals surface area contributed by atoms with Crippen LogP contribution in [0.4, 0.5) is 0 Å². The Labute approximate surface area is 119 Å². The summed E-state index contributed by atoms with van der Waals surface area (Å²) in [4.78, 5) is 3.90. The van der Waals surface area contributed by atoms with E-state index in [1.807, 2.05) is 12.1 Å². The number of quaternary nitrogens is 1. The van der Waals surface area contributed by atoms with Crippen LogP contribution in [0.2, 0.25) is 0 Å². The second-order valence-corrected chi connectivity index (χ2v) is 7.24. The van der Waals surface area contributed by atoms with Crippen molar-refractivity contribution in [2.24, 2.45) is 4.99 Å². The number of aliphatic imine (C=N–C) groups is 1. The molecule has 0 heterocycles. The molecular formula is C13H21N2O4S+. The van der Waals surface area contributed by atoms with Crippen LogP contribution < -0.4 is 0 Å². The van der Waals surface area contributed by atoms with Crippen molar-refractivity contribution in [2.45, 2.75) is 6.54 Å². The van der Waals surface area contributed by atoms with Crippen LogP contribution in [-0.4, -0.2) is 62.2 Å². The van der Waals surface area contributed by atoms with Crippen LogP contribution in [-0.2, 0) is 16.7 Å². The van der Waals surface area contributed by atoms with E-state index in [0.717, 1.165) is 16.6 Å². The van der Waals surface area contributed by atoms with E-state index in [1.54, 1.807) is 6.07 Å². The van der Waals surface area contributed by atoms with Gasteiger partial charge in [-0.05, 0) is 18.2 Å². The SMILES string of the molecule is C[N+](C)(C)Cc1ccc(O)c(C=NCCS(=O)(=O)O)c1. The highest BCUT2D eigenvalue weighted by Crippen LogP contribution is 2.18. The smallest absolute Gasteiger partial charge is 0.266 e. The molecule has 0 saturated heterocycles. The van der Waals surface area contributed by atoms with Crippen molar-refractivity contribution in [3.8, 4) is 5.75 Å². The lowest BCUT2D eigenvalue weighted by atomic mass is 10.1. The van der Waals surface area contributed by atoms with Gasteiger partial charge in [0.2, 0.25) is 0 Å². The normalized spacial score (nSPS) is 13.0. The maximum absolute atomic E-state index is 10.6. The van der Waals surface area contributed by atoms with Gasteiger partial charge in [-0.25, -0.2) is 0 Å². The molecule has 1 rings (SSSR count). The fourth-order valence-corrected chi connectivity index (χ4v) is 2.02. The summed E-state index contributed by atoms with van der Waals surface area (Å²) in [7, 11) is 2.19. The molecule has 0 spiro atoms. The number of hydrogen-bond acceptors (Lipinski definition) is 4. The molecule has 0 atom stereocenters. The molecule has 0 amide bonds. The maximum Gasteiger partial charge on any atom is 0.266 e. The van der Waals surface area contributed by atoms with Gasteiger partial charge in [0.05, 0.1) is 33.4 Å². The van der Waals surface area contributed by atoms with E-state index in [9.17, 15) is 13.5 Å². The summed E-state index contributed by atoms with van der Waals surface area (Å²) in [6.45, 7) is 0.754. The van der Waals surface area contributed by atoms with Crippen molar-refractivity contribution in [2.75, 3.05) is 33.4 Å². The number of rotatable bonds is 6. The van der Waals surface area contributed by atoms with E-state index in [-0.39, 0.29) is 12.3 Å². The number of phenolic OH excluding ortho intramolecular Hbond substituents is 1. The van der Waals surface area contributed by atoms with Gasteiger partial charge in [-0.3, -0.25) is 9.55 Å². The molecule has 0 bridgehead atoms. The molecule has 6 nitrogen and oxygen atoms in total. The summed E-state index contributed by atoms with van der Waals surface area (Å²) < 4.78 is 30.4. The predicted octanol–water partition coefficient (Wildman–Crippen LogP) is 0.905. The van der Waals surface area contributed by atoms with Crippen LogP contribution in [0.15, 0.2) is 23.2 Å². The molecule has 112 valence electrons. The van der Waals surface area contributed by atoms with Gasteiger partial charge in [0.1, 0.15) is 12.3 Å². The second-order valence-electron chi connectivity index (χ2n) is 5.66. The van der Waals surface area contributed by atoms with Crippen LogP contribution in [0, 0.1) is 0 Å². The van der Waals surface area contributed by atoms with Crippen molar-refractivity contribution < 1.29 is 22.6 Å². The van der Waals surface area contributed by atoms with E-state index in [1.165, 1.54) is 6.21 Å². The number of phenols is 1. The van der Waals surface area contributed by atoms with Gasteiger partial charge in [0.25, 0.3) is 10.1 Å². The summed E-state index contributed by atoms with van der Waals surface area (Å²) in [5.74, 6) is -0.339. The van der Waals surface area contributed by atoms with Gasteiger partial charge < -0.3 is 9.59 Å². The quantitative estimate of drug-likeness (QED) is 0.464. The Kier molecular flexibility index (Phi) is 5.27. The highest BCUT2D eigenvalue weighted by Gasteiger charge is 2.10. The first-order valence-corrected chi connectivity index (χ1v) is 7.75. The highest BCUT2D eigenvalue weighted by molar-refractivity contribution is 7.85. The Morgan fingerprint density at radius 3 is 2.50 bits per heavy atom. The van der Waals surface area contributed by atoms with Gasteiger partial charge in [0, 0.05) is 17.3 Å². The molecule has 0 fully saturated rings. The number of hydrogen-bond donors (Lipinski definition) is 2. The van der Waals surface area contributed by atoms with Gasteiger partial charge >= 0.3 is 0 Å². The molecule has 1 aromatic rings. The van der Waals surface area contributed by atoms with Crippen LogP contribution in [0.3, 0.4) is 0 Å². The zero-order chi connectivity index (χ0) is 15.4. The van der Waals surface area contributed by atoms with Crippen molar-refractivity contribution in [1.29, 1.82) is 0 Å². The lowest BCUT2D eigenvalue weighted by molar-refractivity contribution is -0.884. The van der Waals surface area contributed by atoms with Crippen LogP contribution in [0.1, 0.15) is 11.1 Å². The molecule has 0 unspecified atom stereocenters. The molecule has 1 aromatic carbocycles. The Morgan fingerprint density at radius 2 is 1.95 bits per heavy atom. The first-order chi connectivity index (χ1) is 9.07. The Hall–Kier alpha value is -1.44. The number of benzene rings is 1. The van der Waals surface area contributed by atoms with E-state index < -0.39 is 15.9 Å². The third kappa shape index (κ3) is 6.65. The number of aromatic hydroxyl groups is 1. The van der Waals surface area contributed by atoms with Gasteiger partial charge in [-0.1, -0.05) is 0 Å². The Morgan fingerprint density at radius 1 is 1.30 bits per heavy atom. The third-order valence-electron chi connectivity index (χ3n) is 2.46. The standard InChI is InChI=1S/C13H20N2O4S/c1-15(2,3)10-11-4-5-13(16)12(8-11)9-14-6-7-20(17,18)19/h4-5,8-9H,6-7,10H2,1-3H3,(H-,14,16,17,18,19)/p+1. The van der Waals surface area contributed by atoms with Crippen LogP contribution in [0.25, 0.3) is 0 Å². The zero-order valence-corrected chi connectivity index (χ0v) is 12.8. The molecule has 0 aromatic heterocycles. The largest absolute Gasteiger partial charge is 0.507 e. The molecule has 0 saturated carbocycles. The summed E-state index contributed by atoms with van der Waals surface area (Å²) in [6.07, 6.45) is 1.42. The lowest BCUT2D eigenvalue weighted by Crippen LogP contribution is -2.33. The maximum atomic E-state index is 10.6.